The van der Waals surface area contributed by atoms with Gasteiger partial charge >= 0.3 is 0 Å². The number of carbonyl (C=O) groups excluding carboxylic acids is 2. The minimum absolute atomic E-state index is 0.181. The van der Waals surface area contributed by atoms with Crippen LogP contribution in [0.2, 0.25) is 0 Å². The van der Waals surface area contributed by atoms with Crippen LogP contribution in [-0.4, -0.2) is 33.3 Å². The Balaban J connectivity index is 1.22. The summed E-state index contributed by atoms with van der Waals surface area (Å²) in [5.41, 5.74) is 4.39. The van der Waals surface area contributed by atoms with E-state index in [1.165, 1.54) is 11.3 Å². The summed E-state index contributed by atoms with van der Waals surface area (Å²) in [4.78, 5) is 37.9. The molecule has 0 aliphatic carbocycles. The molecule has 0 bridgehead atoms. The first-order valence-corrected chi connectivity index (χ1v) is 12.6. The number of aromatic amines is 1. The summed E-state index contributed by atoms with van der Waals surface area (Å²) < 4.78 is 0. The third-order valence-corrected chi connectivity index (χ3v) is 6.53. The second-order valence-electron chi connectivity index (χ2n) is 8.18. The number of hydrogen-bond donors (Lipinski definition) is 5. The molecule has 0 unspecified atom stereocenters. The molecule has 37 heavy (non-hydrogen) atoms. The Kier molecular flexibility index (Phi) is 7.09. The molecule has 186 valence electrons. The van der Waals surface area contributed by atoms with Crippen molar-refractivity contribution in [1.29, 1.82) is 0 Å². The minimum Gasteiger partial charge on any atom is -0.370 e. The maximum absolute atomic E-state index is 13.0. The number of nitrogens with zero attached hydrogens (tertiary/aromatic N) is 2. The van der Waals surface area contributed by atoms with E-state index < -0.39 is 0 Å². The van der Waals surface area contributed by atoms with Crippen molar-refractivity contribution in [2.24, 2.45) is 0 Å². The molecule has 0 radical (unpaired) electrons. The summed E-state index contributed by atoms with van der Waals surface area (Å²) in [5.74, 6) is 0.235. The zero-order chi connectivity index (χ0) is 25.6. The highest BCUT2D eigenvalue weighted by Crippen LogP contribution is 2.29. The van der Waals surface area contributed by atoms with Crippen LogP contribution in [0.3, 0.4) is 0 Å². The second kappa shape index (κ2) is 10.9. The molecule has 0 aliphatic rings. The highest BCUT2D eigenvalue weighted by Gasteiger charge is 2.15. The Bertz CT molecular complexity index is 1560. The molecule has 5 aromatic rings. The van der Waals surface area contributed by atoms with Crippen molar-refractivity contribution >= 4 is 57.1 Å². The quantitative estimate of drug-likeness (QED) is 0.181. The van der Waals surface area contributed by atoms with Crippen LogP contribution in [-0.2, 0) is 6.54 Å². The van der Waals surface area contributed by atoms with Crippen molar-refractivity contribution in [3.63, 3.8) is 0 Å². The molecular formula is C27H25N7O2S. The van der Waals surface area contributed by atoms with Crippen LogP contribution in [0.4, 0.5) is 22.9 Å². The van der Waals surface area contributed by atoms with Gasteiger partial charge in [0.2, 0.25) is 0 Å². The van der Waals surface area contributed by atoms with E-state index in [1.807, 2.05) is 61.0 Å². The molecular weight excluding hydrogens is 486 g/mol. The molecule has 0 aliphatic heterocycles. The highest BCUT2D eigenvalue weighted by atomic mass is 32.1. The topological polar surface area (TPSA) is 124 Å². The molecule has 4 aromatic heterocycles. The van der Waals surface area contributed by atoms with Crippen LogP contribution in [0.5, 0.6) is 0 Å². The first kappa shape index (κ1) is 24.0. The van der Waals surface area contributed by atoms with Crippen LogP contribution in [0.25, 0.3) is 11.0 Å². The normalized spacial score (nSPS) is 10.7. The predicted octanol–water partition coefficient (Wildman–Crippen LogP) is 5.38. The summed E-state index contributed by atoms with van der Waals surface area (Å²) in [7, 11) is 0. The average Bonchev–Trinajstić information content (AvgIpc) is 3.58. The van der Waals surface area contributed by atoms with Crippen molar-refractivity contribution in [2.45, 2.75) is 13.5 Å². The molecule has 10 heteroatoms. The average molecular weight is 512 g/mol. The van der Waals surface area contributed by atoms with Gasteiger partial charge in [-0.1, -0.05) is 12.1 Å². The lowest BCUT2D eigenvalue weighted by atomic mass is 10.2. The number of rotatable bonds is 9. The van der Waals surface area contributed by atoms with Crippen molar-refractivity contribution in [3.05, 3.63) is 94.6 Å². The Hall–Kier alpha value is -4.70. The highest BCUT2D eigenvalue weighted by molar-refractivity contribution is 7.12. The number of thiophene rings is 1. The maximum atomic E-state index is 13.0. The molecule has 0 fully saturated rings. The van der Waals surface area contributed by atoms with E-state index in [0.717, 1.165) is 34.5 Å². The van der Waals surface area contributed by atoms with E-state index in [1.54, 1.807) is 24.5 Å². The monoisotopic (exact) mass is 511 g/mol. The van der Waals surface area contributed by atoms with Crippen molar-refractivity contribution < 1.29 is 9.59 Å². The van der Waals surface area contributed by atoms with Gasteiger partial charge in [-0.2, -0.15) is 0 Å². The fourth-order valence-electron chi connectivity index (χ4n) is 3.87. The molecule has 2 amide bonds. The predicted molar refractivity (Wildman–Crippen MR) is 148 cm³/mol. The fraction of sp³-hybridized carbons (Fsp3) is 0.111. The molecule has 4 heterocycles. The van der Waals surface area contributed by atoms with Crippen LogP contribution in [0, 0.1) is 0 Å². The number of amides is 2. The standard InChI is InChI=1S/C27H25N7O2S/c1-2-28-23-15-18(6-10-29-23)26(35)33-19-5-3-4-17(14-19)16-32-27(36)24-22(9-13-37-24)34-21-8-12-31-25-20(21)7-11-30-25/h3-15H,2,16H2,1H3,(H,28,29)(H,32,36)(H,33,35)(H2,30,31,34). The lowest BCUT2D eigenvalue weighted by molar-refractivity contribution is 0.0954. The Labute approximate surface area is 217 Å². The van der Waals surface area contributed by atoms with Gasteiger partial charge in [0.1, 0.15) is 16.3 Å². The van der Waals surface area contributed by atoms with Gasteiger partial charge in [-0.3, -0.25) is 9.59 Å². The second-order valence-corrected chi connectivity index (χ2v) is 9.10. The molecule has 0 spiro atoms. The van der Waals surface area contributed by atoms with Gasteiger partial charge in [-0.05, 0) is 60.3 Å². The Morgan fingerprint density at radius 2 is 1.86 bits per heavy atom. The van der Waals surface area contributed by atoms with Crippen molar-refractivity contribution in [2.75, 3.05) is 22.5 Å². The smallest absolute Gasteiger partial charge is 0.263 e. The van der Waals surface area contributed by atoms with E-state index in [-0.39, 0.29) is 11.8 Å². The van der Waals surface area contributed by atoms with Crippen molar-refractivity contribution in [1.82, 2.24) is 20.3 Å². The molecule has 1 aromatic carbocycles. The number of H-pyrrole nitrogens is 1. The van der Waals surface area contributed by atoms with E-state index in [9.17, 15) is 9.59 Å². The summed E-state index contributed by atoms with van der Waals surface area (Å²) >= 11 is 1.37. The third kappa shape index (κ3) is 5.60. The third-order valence-electron chi connectivity index (χ3n) is 5.62. The number of benzene rings is 1. The first-order valence-electron chi connectivity index (χ1n) is 11.8. The summed E-state index contributed by atoms with van der Waals surface area (Å²) in [6, 6.07) is 16.5. The molecule has 0 saturated heterocycles. The first-order chi connectivity index (χ1) is 18.1. The van der Waals surface area contributed by atoms with Crippen LogP contribution in [0.1, 0.15) is 32.5 Å². The van der Waals surface area contributed by atoms with E-state index in [0.29, 0.717) is 28.5 Å². The summed E-state index contributed by atoms with van der Waals surface area (Å²) in [6.45, 7) is 3.00. The number of anilines is 4. The molecule has 0 saturated carbocycles. The van der Waals surface area contributed by atoms with Gasteiger partial charge in [-0.15, -0.1) is 11.3 Å². The van der Waals surface area contributed by atoms with Gasteiger partial charge in [-0.25, -0.2) is 9.97 Å². The van der Waals surface area contributed by atoms with Crippen LogP contribution in [0.15, 0.2) is 78.6 Å². The minimum atomic E-state index is -0.232. The van der Waals surface area contributed by atoms with E-state index >= 15 is 0 Å². The van der Waals surface area contributed by atoms with E-state index in [2.05, 4.69) is 36.2 Å². The number of aromatic nitrogens is 3. The summed E-state index contributed by atoms with van der Waals surface area (Å²) in [5, 5.41) is 15.2. The zero-order valence-corrected chi connectivity index (χ0v) is 20.9. The lowest BCUT2D eigenvalue weighted by Crippen LogP contribution is -2.22. The van der Waals surface area contributed by atoms with Crippen LogP contribution < -0.4 is 21.3 Å². The van der Waals surface area contributed by atoms with E-state index in [4.69, 9.17) is 0 Å². The fourth-order valence-corrected chi connectivity index (χ4v) is 4.64. The molecule has 5 N–H and O–H groups in total. The largest absolute Gasteiger partial charge is 0.370 e. The van der Waals surface area contributed by atoms with Gasteiger partial charge in [0.25, 0.3) is 11.8 Å². The number of fused-ring (bicyclic) bond motifs is 1. The van der Waals surface area contributed by atoms with Crippen molar-refractivity contribution in [3.8, 4) is 0 Å². The molecule has 0 atom stereocenters. The van der Waals surface area contributed by atoms with Gasteiger partial charge < -0.3 is 26.3 Å². The molecule has 5 rings (SSSR count). The number of nitrogens with one attached hydrogen (secondary N) is 5. The number of carbonyl (C=O) groups is 2. The number of pyridine rings is 2. The SMILES string of the molecule is CCNc1cc(C(=O)Nc2cccc(CNC(=O)c3sccc3Nc3ccnc4[nH]ccc34)c2)ccn1. The van der Waals surface area contributed by atoms with Crippen LogP contribution >= 0.6 is 11.3 Å². The molecule has 9 nitrogen and oxygen atoms in total. The maximum Gasteiger partial charge on any atom is 0.263 e. The van der Waals surface area contributed by atoms with Gasteiger partial charge in [0, 0.05) is 48.3 Å². The lowest BCUT2D eigenvalue weighted by Gasteiger charge is -2.11. The van der Waals surface area contributed by atoms with Gasteiger partial charge in [0.05, 0.1) is 11.4 Å². The Morgan fingerprint density at radius 1 is 0.973 bits per heavy atom. The number of hydrogen-bond acceptors (Lipinski definition) is 7. The Morgan fingerprint density at radius 3 is 2.76 bits per heavy atom. The van der Waals surface area contributed by atoms with Gasteiger partial charge in [0.15, 0.2) is 0 Å². The zero-order valence-electron chi connectivity index (χ0n) is 20.0. The summed E-state index contributed by atoms with van der Waals surface area (Å²) in [6.07, 6.45) is 5.15.